The Balaban J connectivity index is 2.17. The molecule has 2 nitrogen and oxygen atoms in total. The lowest BCUT2D eigenvalue weighted by atomic mass is 10.1. The van der Waals surface area contributed by atoms with Crippen molar-refractivity contribution in [2.24, 2.45) is 0 Å². The van der Waals surface area contributed by atoms with E-state index in [4.69, 9.17) is 4.74 Å². The molecule has 1 aliphatic heterocycles. The van der Waals surface area contributed by atoms with E-state index in [0.29, 0.717) is 6.10 Å². The maximum absolute atomic E-state index is 5.75. The molecule has 1 aromatic rings. The summed E-state index contributed by atoms with van der Waals surface area (Å²) in [5.41, 5.74) is 2.64. The van der Waals surface area contributed by atoms with Gasteiger partial charge in [-0.25, -0.2) is 0 Å². The fraction of sp³-hybridized carbons (Fsp3) is 0.571. The Morgan fingerprint density at radius 2 is 2.28 bits per heavy atom. The van der Waals surface area contributed by atoms with E-state index in [-0.39, 0.29) is 0 Å². The number of ether oxygens (including phenoxy) is 1. The monoisotopic (exact) mass is 375 g/mol. The topological polar surface area (TPSA) is 12.5 Å². The molecule has 0 saturated carbocycles. The van der Waals surface area contributed by atoms with Gasteiger partial charge in [0.2, 0.25) is 0 Å². The largest absolute Gasteiger partial charge is 0.376 e. The lowest BCUT2D eigenvalue weighted by Gasteiger charge is -2.28. The second-order valence-electron chi connectivity index (χ2n) is 4.58. The van der Waals surface area contributed by atoms with Crippen LogP contribution in [0.2, 0.25) is 0 Å². The number of hydrogen-bond donors (Lipinski definition) is 0. The molecule has 0 radical (unpaired) electrons. The van der Waals surface area contributed by atoms with E-state index >= 15 is 0 Å². The van der Waals surface area contributed by atoms with Crippen LogP contribution in [0.4, 0.5) is 5.69 Å². The van der Waals surface area contributed by atoms with Gasteiger partial charge in [-0.05, 0) is 37.5 Å². The van der Waals surface area contributed by atoms with Gasteiger partial charge in [-0.3, -0.25) is 0 Å². The van der Waals surface area contributed by atoms with Crippen LogP contribution in [0.1, 0.15) is 25.3 Å². The van der Waals surface area contributed by atoms with Gasteiger partial charge in [0.25, 0.3) is 0 Å². The number of likely N-dealkylation sites (N-methyl/N-ethyl adjacent to an activating group) is 1. The molecule has 0 N–H and O–H groups in total. The summed E-state index contributed by atoms with van der Waals surface area (Å²) in [4.78, 5) is 2.41. The molecule has 1 saturated heterocycles. The summed E-state index contributed by atoms with van der Waals surface area (Å²) in [5, 5.41) is 0.887. The Labute approximate surface area is 126 Å². The molecular weight excluding hydrogens is 358 g/mol. The highest BCUT2D eigenvalue weighted by molar-refractivity contribution is 9.10. The van der Waals surface area contributed by atoms with Crippen molar-refractivity contribution in [1.29, 1.82) is 0 Å². The van der Waals surface area contributed by atoms with Gasteiger partial charge in [-0.15, -0.1) is 0 Å². The van der Waals surface area contributed by atoms with Crippen LogP contribution in [0.5, 0.6) is 0 Å². The first kappa shape index (κ1) is 14.4. The highest BCUT2D eigenvalue weighted by atomic mass is 79.9. The van der Waals surface area contributed by atoms with Crippen LogP contribution in [0.15, 0.2) is 22.7 Å². The molecule has 18 heavy (non-hydrogen) atoms. The summed E-state index contributed by atoms with van der Waals surface area (Å²) < 4.78 is 6.88. The summed E-state index contributed by atoms with van der Waals surface area (Å²) in [6, 6.07) is 6.47. The number of hydrogen-bond acceptors (Lipinski definition) is 2. The number of nitrogens with zero attached hydrogens (tertiary/aromatic N) is 1. The SMILES string of the molecule is CCN(CC1CCCO1)c1cc(Br)ccc1CBr. The van der Waals surface area contributed by atoms with Gasteiger partial charge in [0.15, 0.2) is 0 Å². The van der Waals surface area contributed by atoms with E-state index in [1.807, 2.05) is 0 Å². The average molecular weight is 377 g/mol. The van der Waals surface area contributed by atoms with Crippen LogP contribution in [-0.4, -0.2) is 25.8 Å². The Morgan fingerprint density at radius 1 is 1.44 bits per heavy atom. The van der Waals surface area contributed by atoms with Crippen molar-refractivity contribution in [3.63, 3.8) is 0 Å². The van der Waals surface area contributed by atoms with Gasteiger partial charge in [-0.2, -0.15) is 0 Å². The molecule has 2 rings (SSSR count). The van der Waals surface area contributed by atoms with Crippen LogP contribution < -0.4 is 4.90 Å². The van der Waals surface area contributed by atoms with E-state index < -0.39 is 0 Å². The predicted octanol–water partition coefficient (Wildman–Crippen LogP) is 4.35. The minimum atomic E-state index is 0.395. The molecule has 0 aromatic heterocycles. The zero-order valence-electron chi connectivity index (χ0n) is 10.7. The Bertz CT molecular complexity index is 391. The van der Waals surface area contributed by atoms with Crippen molar-refractivity contribution >= 4 is 37.5 Å². The third-order valence-corrected chi connectivity index (χ3v) is 4.46. The first-order chi connectivity index (χ1) is 8.74. The molecule has 1 aliphatic rings. The number of anilines is 1. The predicted molar refractivity (Wildman–Crippen MR) is 83.6 cm³/mol. The second kappa shape index (κ2) is 6.92. The molecule has 0 amide bonds. The minimum Gasteiger partial charge on any atom is -0.376 e. The molecule has 1 fully saturated rings. The lowest BCUT2D eigenvalue weighted by molar-refractivity contribution is 0.115. The molecule has 1 unspecified atom stereocenters. The zero-order valence-corrected chi connectivity index (χ0v) is 13.8. The fourth-order valence-electron chi connectivity index (χ4n) is 2.38. The van der Waals surface area contributed by atoms with E-state index in [1.165, 1.54) is 24.1 Å². The molecule has 0 bridgehead atoms. The Hall–Kier alpha value is -0.0600. The van der Waals surface area contributed by atoms with Crippen LogP contribution >= 0.6 is 31.9 Å². The van der Waals surface area contributed by atoms with E-state index in [0.717, 1.165) is 29.5 Å². The van der Waals surface area contributed by atoms with Crippen LogP contribution in [0.25, 0.3) is 0 Å². The van der Waals surface area contributed by atoms with Crippen molar-refractivity contribution in [3.05, 3.63) is 28.2 Å². The number of halogens is 2. The number of benzene rings is 1. The summed E-state index contributed by atoms with van der Waals surface area (Å²) >= 11 is 7.13. The highest BCUT2D eigenvalue weighted by Gasteiger charge is 2.20. The zero-order chi connectivity index (χ0) is 13.0. The van der Waals surface area contributed by atoms with Gasteiger partial charge in [0.05, 0.1) is 6.10 Å². The van der Waals surface area contributed by atoms with Crippen molar-refractivity contribution < 1.29 is 4.74 Å². The lowest BCUT2D eigenvalue weighted by Crippen LogP contribution is -2.32. The van der Waals surface area contributed by atoms with Crippen LogP contribution in [-0.2, 0) is 10.1 Å². The quantitative estimate of drug-likeness (QED) is 0.708. The van der Waals surface area contributed by atoms with E-state index in [2.05, 4.69) is 61.9 Å². The molecule has 1 heterocycles. The summed E-state index contributed by atoms with van der Waals surface area (Å²) in [6.45, 7) is 5.13. The van der Waals surface area contributed by atoms with E-state index in [9.17, 15) is 0 Å². The highest BCUT2D eigenvalue weighted by Crippen LogP contribution is 2.28. The molecule has 1 aromatic carbocycles. The van der Waals surface area contributed by atoms with Gasteiger partial charge in [-0.1, -0.05) is 37.9 Å². The van der Waals surface area contributed by atoms with Crippen LogP contribution in [0.3, 0.4) is 0 Å². The molecule has 1 atom stereocenters. The first-order valence-electron chi connectivity index (χ1n) is 6.45. The third kappa shape index (κ3) is 3.49. The first-order valence-corrected chi connectivity index (χ1v) is 8.37. The number of alkyl halides is 1. The number of rotatable bonds is 5. The summed E-state index contributed by atoms with van der Waals surface area (Å²) in [7, 11) is 0. The molecule has 0 spiro atoms. The van der Waals surface area contributed by atoms with Crippen LogP contribution in [0, 0.1) is 0 Å². The van der Waals surface area contributed by atoms with Crippen molar-refractivity contribution in [1.82, 2.24) is 0 Å². The van der Waals surface area contributed by atoms with Gasteiger partial charge < -0.3 is 9.64 Å². The van der Waals surface area contributed by atoms with Crippen molar-refractivity contribution in [2.75, 3.05) is 24.6 Å². The van der Waals surface area contributed by atoms with Gasteiger partial charge in [0.1, 0.15) is 0 Å². The molecule has 100 valence electrons. The maximum atomic E-state index is 5.75. The van der Waals surface area contributed by atoms with Gasteiger partial charge >= 0.3 is 0 Å². The Kier molecular flexibility index (Phi) is 5.52. The Morgan fingerprint density at radius 3 is 2.89 bits per heavy atom. The molecular formula is C14H19Br2NO. The second-order valence-corrected chi connectivity index (χ2v) is 6.06. The summed E-state index contributed by atoms with van der Waals surface area (Å²) in [5.74, 6) is 0. The van der Waals surface area contributed by atoms with Crippen molar-refractivity contribution in [3.8, 4) is 0 Å². The standard InChI is InChI=1S/C14H19Br2NO/c1-2-17(10-13-4-3-7-18-13)14-8-12(16)6-5-11(14)9-15/h5-6,8,13H,2-4,7,9-10H2,1H3. The van der Waals surface area contributed by atoms with E-state index in [1.54, 1.807) is 0 Å². The maximum Gasteiger partial charge on any atom is 0.0750 e. The van der Waals surface area contributed by atoms with Gasteiger partial charge in [0, 0.05) is 35.2 Å². The average Bonchev–Trinajstić information content (AvgIpc) is 2.88. The summed E-state index contributed by atoms with van der Waals surface area (Å²) in [6.07, 6.45) is 2.78. The normalized spacial score (nSPS) is 19.2. The third-order valence-electron chi connectivity index (χ3n) is 3.36. The smallest absolute Gasteiger partial charge is 0.0750 e. The molecule has 0 aliphatic carbocycles. The van der Waals surface area contributed by atoms with Crippen molar-refractivity contribution in [2.45, 2.75) is 31.2 Å². The fourth-order valence-corrected chi connectivity index (χ4v) is 3.20. The molecule has 4 heteroatoms. The minimum absolute atomic E-state index is 0.395.